The van der Waals surface area contributed by atoms with Crippen LogP contribution in [0.4, 0.5) is 0 Å². The third-order valence-electron chi connectivity index (χ3n) is 1.99. The smallest absolute Gasteiger partial charge is 0.268 e. The summed E-state index contributed by atoms with van der Waals surface area (Å²) in [6.45, 7) is 5.83. The third-order valence-corrected chi connectivity index (χ3v) is 1.99. The summed E-state index contributed by atoms with van der Waals surface area (Å²) in [7, 11) is 0. The van der Waals surface area contributed by atoms with Crippen molar-refractivity contribution in [2.45, 2.75) is 26.3 Å². The molecule has 0 bridgehead atoms. The molecule has 0 aromatic heterocycles. The van der Waals surface area contributed by atoms with Gasteiger partial charge in [0.25, 0.3) is 5.91 Å². The SMILES string of the molecule is CC(C)(C)NN(CC=O)C(=O)c1ccccc1. The first kappa shape index (κ1) is 13.4. The second kappa shape index (κ2) is 5.59. The van der Waals surface area contributed by atoms with Crippen molar-refractivity contribution < 1.29 is 9.59 Å². The molecule has 1 aromatic carbocycles. The molecule has 1 N–H and O–H groups in total. The zero-order chi connectivity index (χ0) is 12.9. The third kappa shape index (κ3) is 4.36. The minimum atomic E-state index is -0.270. The van der Waals surface area contributed by atoms with Crippen LogP contribution in [0, 0.1) is 0 Å². The van der Waals surface area contributed by atoms with E-state index in [1.165, 1.54) is 5.01 Å². The van der Waals surface area contributed by atoms with E-state index in [0.717, 1.165) is 0 Å². The zero-order valence-electron chi connectivity index (χ0n) is 10.4. The maximum absolute atomic E-state index is 12.1. The predicted molar refractivity (Wildman–Crippen MR) is 66.4 cm³/mol. The van der Waals surface area contributed by atoms with Crippen LogP contribution in [0.3, 0.4) is 0 Å². The van der Waals surface area contributed by atoms with E-state index >= 15 is 0 Å². The van der Waals surface area contributed by atoms with Gasteiger partial charge in [-0.05, 0) is 32.9 Å². The monoisotopic (exact) mass is 234 g/mol. The number of amides is 1. The van der Waals surface area contributed by atoms with Crippen molar-refractivity contribution in [3.8, 4) is 0 Å². The normalized spacial score (nSPS) is 11.0. The van der Waals surface area contributed by atoms with Gasteiger partial charge in [0.2, 0.25) is 0 Å². The minimum Gasteiger partial charge on any atom is -0.301 e. The van der Waals surface area contributed by atoms with Gasteiger partial charge in [0.1, 0.15) is 6.29 Å². The predicted octanol–water partition coefficient (Wildman–Crippen LogP) is 1.63. The second-order valence-corrected chi connectivity index (χ2v) is 4.81. The molecule has 1 rings (SSSR count). The average molecular weight is 234 g/mol. The molecule has 17 heavy (non-hydrogen) atoms. The van der Waals surface area contributed by atoms with Crippen LogP contribution in [-0.2, 0) is 4.79 Å². The van der Waals surface area contributed by atoms with Gasteiger partial charge >= 0.3 is 0 Å². The van der Waals surface area contributed by atoms with Gasteiger partial charge in [0.05, 0.1) is 6.54 Å². The van der Waals surface area contributed by atoms with E-state index in [-0.39, 0.29) is 18.0 Å². The number of carbonyl (C=O) groups is 2. The standard InChI is InChI=1S/C13H18N2O2/c1-13(2,3)14-15(9-10-16)12(17)11-7-5-4-6-8-11/h4-8,10,14H,9H2,1-3H3. The molecular weight excluding hydrogens is 216 g/mol. The fraction of sp³-hybridized carbons (Fsp3) is 0.385. The largest absolute Gasteiger partial charge is 0.301 e. The quantitative estimate of drug-likeness (QED) is 0.636. The van der Waals surface area contributed by atoms with Gasteiger partial charge in [-0.3, -0.25) is 9.80 Å². The van der Waals surface area contributed by atoms with Crippen molar-refractivity contribution in [1.82, 2.24) is 10.4 Å². The summed E-state index contributed by atoms with van der Waals surface area (Å²) in [5.74, 6) is -0.201. The van der Waals surface area contributed by atoms with Crippen molar-refractivity contribution in [3.63, 3.8) is 0 Å². The van der Waals surface area contributed by atoms with Crippen LogP contribution in [-0.4, -0.2) is 29.3 Å². The number of hydrogen-bond acceptors (Lipinski definition) is 3. The molecule has 0 aliphatic rings. The first-order chi connectivity index (χ1) is 7.94. The molecule has 1 amide bonds. The van der Waals surface area contributed by atoms with Crippen molar-refractivity contribution >= 4 is 12.2 Å². The topological polar surface area (TPSA) is 49.4 Å². The van der Waals surface area contributed by atoms with Gasteiger partial charge < -0.3 is 4.79 Å². The van der Waals surface area contributed by atoms with Crippen molar-refractivity contribution in [2.75, 3.05) is 6.54 Å². The highest BCUT2D eigenvalue weighted by Gasteiger charge is 2.20. The Labute approximate surface area is 102 Å². The molecule has 4 nitrogen and oxygen atoms in total. The van der Waals surface area contributed by atoms with E-state index in [9.17, 15) is 9.59 Å². The first-order valence-corrected chi connectivity index (χ1v) is 5.52. The van der Waals surface area contributed by atoms with Crippen LogP contribution >= 0.6 is 0 Å². The first-order valence-electron chi connectivity index (χ1n) is 5.52. The fourth-order valence-electron chi connectivity index (χ4n) is 1.40. The molecule has 0 saturated carbocycles. The molecule has 1 aromatic rings. The molecule has 0 aliphatic heterocycles. The Morgan fingerprint density at radius 2 is 1.88 bits per heavy atom. The summed E-state index contributed by atoms with van der Waals surface area (Å²) >= 11 is 0. The molecule has 0 heterocycles. The highest BCUT2D eigenvalue weighted by Crippen LogP contribution is 2.06. The second-order valence-electron chi connectivity index (χ2n) is 4.81. The summed E-state index contributed by atoms with van der Waals surface area (Å²) < 4.78 is 0. The van der Waals surface area contributed by atoms with Crippen LogP contribution in [0.15, 0.2) is 30.3 Å². The van der Waals surface area contributed by atoms with E-state index in [1.807, 2.05) is 26.8 Å². The van der Waals surface area contributed by atoms with E-state index in [2.05, 4.69) is 5.43 Å². The number of hydrazine groups is 1. The molecule has 0 radical (unpaired) electrons. The Hall–Kier alpha value is -1.68. The van der Waals surface area contributed by atoms with Crippen LogP contribution < -0.4 is 5.43 Å². The molecule has 0 atom stereocenters. The molecule has 0 spiro atoms. The Morgan fingerprint density at radius 3 is 2.35 bits per heavy atom. The number of nitrogens with one attached hydrogen (secondary N) is 1. The average Bonchev–Trinajstić information content (AvgIpc) is 2.27. The molecule has 0 aliphatic carbocycles. The van der Waals surface area contributed by atoms with Crippen LogP contribution in [0.1, 0.15) is 31.1 Å². The van der Waals surface area contributed by atoms with Gasteiger partial charge in [-0.25, -0.2) is 5.43 Å². The van der Waals surface area contributed by atoms with Gasteiger partial charge in [0, 0.05) is 11.1 Å². The lowest BCUT2D eigenvalue weighted by Crippen LogP contribution is -2.52. The van der Waals surface area contributed by atoms with Crippen molar-refractivity contribution in [3.05, 3.63) is 35.9 Å². The maximum Gasteiger partial charge on any atom is 0.268 e. The highest BCUT2D eigenvalue weighted by molar-refractivity contribution is 5.94. The Kier molecular flexibility index (Phi) is 4.40. The number of aldehydes is 1. The van der Waals surface area contributed by atoms with Crippen molar-refractivity contribution in [1.29, 1.82) is 0 Å². The highest BCUT2D eigenvalue weighted by atomic mass is 16.2. The fourth-order valence-corrected chi connectivity index (χ4v) is 1.40. The summed E-state index contributed by atoms with van der Waals surface area (Å²) in [4.78, 5) is 22.7. The Bertz CT molecular complexity index is 382. The minimum absolute atomic E-state index is 0.0327. The van der Waals surface area contributed by atoms with Crippen molar-refractivity contribution in [2.24, 2.45) is 0 Å². The van der Waals surface area contributed by atoms with E-state index in [0.29, 0.717) is 11.8 Å². The summed E-state index contributed by atoms with van der Waals surface area (Å²) in [6, 6.07) is 8.89. The van der Waals surface area contributed by atoms with E-state index in [1.54, 1.807) is 24.3 Å². The van der Waals surface area contributed by atoms with Gasteiger partial charge in [-0.1, -0.05) is 18.2 Å². The van der Waals surface area contributed by atoms with Crippen LogP contribution in [0.25, 0.3) is 0 Å². The summed E-state index contributed by atoms with van der Waals surface area (Å²) in [5, 5.41) is 1.34. The lowest BCUT2D eigenvalue weighted by atomic mass is 10.1. The summed E-state index contributed by atoms with van der Waals surface area (Å²) in [6.07, 6.45) is 0.708. The molecule has 4 heteroatoms. The Morgan fingerprint density at radius 1 is 1.29 bits per heavy atom. The van der Waals surface area contributed by atoms with Crippen LogP contribution in [0.2, 0.25) is 0 Å². The van der Waals surface area contributed by atoms with Gasteiger partial charge in [-0.15, -0.1) is 0 Å². The number of rotatable bonds is 4. The molecule has 92 valence electrons. The molecule has 0 unspecified atom stereocenters. The number of benzene rings is 1. The summed E-state index contributed by atoms with van der Waals surface area (Å²) in [5.41, 5.74) is 3.30. The lowest BCUT2D eigenvalue weighted by Gasteiger charge is -2.30. The Balaban J connectivity index is 2.84. The van der Waals surface area contributed by atoms with E-state index in [4.69, 9.17) is 0 Å². The maximum atomic E-state index is 12.1. The van der Waals surface area contributed by atoms with Crippen LogP contribution in [0.5, 0.6) is 0 Å². The number of nitrogens with zero attached hydrogens (tertiary/aromatic N) is 1. The molecule has 0 fully saturated rings. The lowest BCUT2D eigenvalue weighted by molar-refractivity contribution is -0.109. The molecule has 0 saturated heterocycles. The van der Waals surface area contributed by atoms with Gasteiger partial charge in [-0.2, -0.15) is 0 Å². The number of carbonyl (C=O) groups excluding carboxylic acids is 2. The van der Waals surface area contributed by atoms with E-state index < -0.39 is 0 Å². The van der Waals surface area contributed by atoms with Gasteiger partial charge in [0.15, 0.2) is 0 Å². The molecular formula is C13H18N2O2. The number of hydrogen-bond donors (Lipinski definition) is 1. The zero-order valence-corrected chi connectivity index (χ0v) is 10.4.